The molecule has 0 aliphatic carbocycles. The lowest BCUT2D eigenvalue weighted by Crippen LogP contribution is -2.24. The number of hydrogen-bond acceptors (Lipinski definition) is 4. The van der Waals surface area contributed by atoms with Crippen molar-refractivity contribution in [3.63, 3.8) is 0 Å². The van der Waals surface area contributed by atoms with Crippen molar-refractivity contribution in [2.75, 3.05) is 6.54 Å². The molecular formula is C16H19N3O2. The molecule has 0 spiro atoms. The van der Waals surface area contributed by atoms with Crippen LogP contribution in [0.2, 0.25) is 0 Å². The molecule has 2 aromatic rings. The summed E-state index contributed by atoms with van der Waals surface area (Å²) in [5.41, 5.74) is 2.16. The van der Waals surface area contributed by atoms with Crippen LogP contribution in [0.5, 0.6) is 0 Å². The number of nitrogens with zero attached hydrogens (tertiary/aromatic N) is 3. The zero-order valence-corrected chi connectivity index (χ0v) is 12.4. The fraction of sp³-hybridized carbons (Fsp3) is 0.438. The number of amides is 1. The number of likely N-dealkylation sites (tertiary alicyclic amines) is 1. The van der Waals surface area contributed by atoms with E-state index in [-0.39, 0.29) is 5.91 Å². The van der Waals surface area contributed by atoms with Crippen LogP contribution in [-0.4, -0.2) is 27.5 Å². The van der Waals surface area contributed by atoms with Gasteiger partial charge in [0.2, 0.25) is 5.91 Å². The van der Waals surface area contributed by atoms with Crippen molar-refractivity contribution in [3.05, 3.63) is 35.7 Å². The Morgan fingerprint density at radius 3 is 2.86 bits per heavy atom. The second-order valence-electron chi connectivity index (χ2n) is 5.68. The fourth-order valence-corrected chi connectivity index (χ4v) is 2.66. The Labute approximate surface area is 124 Å². The van der Waals surface area contributed by atoms with Crippen molar-refractivity contribution in [3.8, 4) is 11.5 Å². The largest absolute Gasteiger partial charge is 0.335 e. The van der Waals surface area contributed by atoms with E-state index in [9.17, 15) is 4.79 Å². The molecule has 1 aromatic heterocycles. The monoisotopic (exact) mass is 285 g/mol. The molecule has 1 saturated heterocycles. The number of rotatable bonds is 4. The summed E-state index contributed by atoms with van der Waals surface area (Å²) >= 11 is 0. The Hall–Kier alpha value is -2.17. The Balaban J connectivity index is 1.83. The number of carbonyl (C=O) groups excluding carboxylic acids is 1. The van der Waals surface area contributed by atoms with Gasteiger partial charge in [-0.3, -0.25) is 4.79 Å². The predicted octanol–water partition coefficient (Wildman–Crippen LogP) is 2.98. The molecule has 2 heterocycles. The quantitative estimate of drug-likeness (QED) is 0.866. The van der Waals surface area contributed by atoms with Crippen molar-refractivity contribution in [1.29, 1.82) is 0 Å². The highest BCUT2D eigenvalue weighted by Crippen LogP contribution is 2.28. The van der Waals surface area contributed by atoms with E-state index < -0.39 is 0 Å². The zero-order valence-electron chi connectivity index (χ0n) is 12.4. The van der Waals surface area contributed by atoms with E-state index in [0.717, 1.165) is 18.5 Å². The zero-order chi connectivity index (χ0) is 14.8. The van der Waals surface area contributed by atoms with E-state index in [1.165, 1.54) is 5.56 Å². The van der Waals surface area contributed by atoms with Crippen LogP contribution in [-0.2, 0) is 11.3 Å². The van der Waals surface area contributed by atoms with Crippen LogP contribution in [0.15, 0.2) is 28.8 Å². The average Bonchev–Trinajstić information content (AvgIpc) is 3.09. The molecule has 1 amide bonds. The molecule has 0 saturated carbocycles. The van der Waals surface area contributed by atoms with Crippen molar-refractivity contribution >= 4 is 5.91 Å². The SMILES string of the molecule is CC(C)c1ccccc1-c1nc(CN2CCCC2=O)no1. The molecule has 110 valence electrons. The lowest BCUT2D eigenvalue weighted by Gasteiger charge is -2.11. The molecule has 0 radical (unpaired) electrons. The molecular weight excluding hydrogens is 266 g/mol. The van der Waals surface area contributed by atoms with Crippen LogP contribution in [0.1, 0.15) is 44.0 Å². The van der Waals surface area contributed by atoms with Gasteiger partial charge in [-0.25, -0.2) is 0 Å². The first-order valence-corrected chi connectivity index (χ1v) is 7.35. The van der Waals surface area contributed by atoms with Gasteiger partial charge in [0.05, 0.1) is 6.54 Å². The number of aromatic nitrogens is 2. The third-order valence-corrected chi connectivity index (χ3v) is 3.78. The Morgan fingerprint density at radius 2 is 2.14 bits per heavy atom. The minimum Gasteiger partial charge on any atom is -0.335 e. The highest BCUT2D eigenvalue weighted by atomic mass is 16.5. The summed E-state index contributed by atoms with van der Waals surface area (Å²) in [4.78, 5) is 17.9. The summed E-state index contributed by atoms with van der Waals surface area (Å²) in [7, 11) is 0. The average molecular weight is 285 g/mol. The van der Waals surface area contributed by atoms with E-state index in [1.807, 2.05) is 18.2 Å². The van der Waals surface area contributed by atoms with Crippen molar-refractivity contribution in [1.82, 2.24) is 15.0 Å². The van der Waals surface area contributed by atoms with Gasteiger partial charge >= 0.3 is 0 Å². The van der Waals surface area contributed by atoms with Crippen LogP contribution in [0.25, 0.3) is 11.5 Å². The molecule has 5 heteroatoms. The summed E-state index contributed by atoms with van der Waals surface area (Å²) in [6.45, 7) is 5.50. The summed E-state index contributed by atoms with van der Waals surface area (Å²) < 4.78 is 5.39. The van der Waals surface area contributed by atoms with Gasteiger partial charge in [-0.15, -0.1) is 0 Å². The van der Waals surface area contributed by atoms with Crippen LogP contribution in [0.3, 0.4) is 0 Å². The first-order valence-electron chi connectivity index (χ1n) is 7.35. The second kappa shape index (κ2) is 5.68. The molecule has 5 nitrogen and oxygen atoms in total. The first-order chi connectivity index (χ1) is 10.1. The van der Waals surface area contributed by atoms with Gasteiger partial charge in [0.1, 0.15) is 0 Å². The maximum Gasteiger partial charge on any atom is 0.258 e. The van der Waals surface area contributed by atoms with E-state index in [1.54, 1.807) is 4.90 Å². The van der Waals surface area contributed by atoms with E-state index in [4.69, 9.17) is 4.52 Å². The van der Waals surface area contributed by atoms with Crippen LogP contribution in [0, 0.1) is 0 Å². The van der Waals surface area contributed by atoms with Crippen molar-refractivity contribution < 1.29 is 9.32 Å². The van der Waals surface area contributed by atoms with Gasteiger partial charge in [0.25, 0.3) is 5.89 Å². The van der Waals surface area contributed by atoms with Crippen LogP contribution in [0.4, 0.5) is 0 Å². The van der Waals surface area contributed by atoms with Crippen LogP contribution < -0.4 is 0 Å². The lowest BCUT2D eigenvalue weighted by molar-refractivity contribution is -0.128. The van der Waals surface area contributed by atoms with Gasteiger partial charge in [-0.05, 0) is 24.0 Å². The summed E-state index contributed by atoms with van der Waals surface area (Å²) in [6, 6.07) is 8.05. The molecule has 0 unspecified atom stereocenters. The smallest absolute Gasteiger partial charge is 0.258 e. The number of benzene rings is 1. The predicted molar refractivity (Wildman–Crippen MR) is 78.5 cm³/mol. The third kappa shape index (κ3) is 2.82. The van der Waals surface area contributed by atoms with Gasteiger partial charge in [-0.2, -0.15) is 4.98 Å². The summed E-state index contributed by atoms with van der Waals surface area (Å²) in [5, 5.41) is 4.01. The maximum atomic E-state index is 11.6. The second-order valence-corrected chi connectivity index (χ2v) is 5.68. The molecule has 0 N–H and O–H groups in total. The number of carbonyl (C=O) groups is 1. The molecule has 1 aliphatic rings. The molecule has 0 atom stereocenters. The van der Waals surface area contributed by atoms with Gasteiger partial charge in [-0.1, -0.05) is 37.2 Å². The van der Waals surface area contributed by atoms with Gasteiger partial charge < -0.3 is 9.42 Å². The highest BCUT2D eigenvalue weighted by molar-refractivity contribution is 5.77. The molecule has 21 heavy (non-hydrogen) atoms. The lowest BCUT2D eigenvalue weighted by atomic mass is 9.97. The minimum atomic E-state index is 0.170. The molecule has 0 bridgehead atoms. The minimum absolute atomic E-state index is 0.170. The van der Waals surface area contributed by atoms with E-state index in [0.29, 0.717) is 30.6 Å². The Kier molecular flexibility index (Phi) is 3.73. The maximum absolute atomic E-state index is 11.6. The molecule has 1 aromatic carbocycles. The first kappa shape index (κ1) is 13.8. The Bertz CT molecular complexity index is 648. The standard InChI is InChI=1S/C16H19N3O2/c1-11(2)12-6-3-4-7-13(12)16-17-14(18-21-16)10-19-9-5-8-15(19)20/h3-4,6-7,11H,5,8-10H2,1-2H3. The molecule has 1 aliphatic heterocycles. The highest BCUT2D eigenvalue weighted by Gasteiger charge is 2.22. The fourth-order valence-electron chi connectivity index (χ4n) is 2.66. The van der Waals surface area contributed by atoms with E-state index >= 15 is 0 Å². The number of hydrogen-bond donors (Lipinski definition) is 0. The molecule has 1 fully saturated rings. The molecule has 3 rings (SSSR count). The van der Waals surface area contributed by atoms with Gasteiger partial charge in [0.15, 0.2) is 5.82 Å². The Morgan fingerprint density at radius 1 is 1.33 bits per heavy atom. The van der Waals surface area contributed by atoms with Crippen LogP contribution >= 0.6 is 0 Å². The van der Waals surface area contributed by atoms with Gasteiger partial charge in [0, 0.05) is 18.5 Å². The third-order valence-electron chi connectivity index (χ3n) is 3.78. The van der Waals surface area contributed by atoms with E-state index in [2.05, 4.69) is 30.1 Å². The van der Waals surface area contributed by atoms with Crippen molar-refractivity contribution in [2.45, 2.75) is 39.2 Å². The summed E-state index contributed by atoms with van der Waals surface area (Å²) in [5.74, 6) is 1.65. The normalized spacial score (nSPS) is 15.2. The topological polar surface area (TPSA) is 59.2 Å². The van der Waals surface area contributed by atoms with Crippen molar-refractivity contribution in [2.24, 2.45) is 0 Å². The summed E-state index contributed by atoms with van der Waals surface area (Å²) in [6.07, 6.45) is 1.54.